The maximum Gasteiger partial charge on any atom is 0.0251 e. The van der Waals surface area contributed by atoms with Crippen molar-refractivity contribution in [3.8, 4) is 0 Å². The van der Waals surface area contributed by atoms with Gasteiger partial charge < -0.3 is 10.2 Å². The van der Waals surface area contributed by atoms with Gasteiger partial charge in [-0.25, -0.2) is 0 Å². The topological polar surface area (TPSA) is 15.3 Å². The van der Waals surface area contributed by atoms with Crippen LogP contribution in [-0.4, -0.2) is 37.6 Å². The van der Waals surface area contributed by atoms with Crippen molar-refractivity contribution in [2.24, 2.45) is 11.3 Å². The predicted octanol–water partition coefficient (Wildman–Crippen LogP) is 2.74. The normalized spacial score (nSPS) is 30.0. The van der Waals surface area contributed by atoms with Crippen LogP contribution in [0.15, 0.2) is 0 Å². The SMILES string of the molecule is CNC1CCC(C)(C)CC1N(C)CC(C)C. The summed E-state index contributed by atoms with van der Waals surface area (Å²) in [5.74, 6) is 0.757. The molecule has 2 nitrogen and oxygen atoms in total. The number of nitrogens with zero attached hydrogens (tertiary/aromatic N) is 1. The third-order valence-electron chi connectivity index (χ3n) is 3.95. The van der Waals surface area contributed by atoms with E-state index in [0.29, 0.717) is 17.5 Å². The van der Waals surface area contributed by atoms with Crippen LogP contribution < -0.4 is 5.32 Å². The Bertz CT molecular complexity index is 211. The van der Waals surface area contributed by atoms with Crippen LogP contribution in [0.1, 0.15) is 47.0 Å². The molecule has 2 atom stereocenters. The second kappa shape index (κ2) is 5.50. The van der Waals surface area contributed by atoms with E-state index in [4.69, 9.17) is 0 Å². The lowest BCUT2D eigenvalue weighted by Gasteiger charge is -2.45. The lowest BCUT2D eigenvalue weighted by atomic mass is 9.72. The Labute approximate surface area is 102 Å². The van der Waals surface area contributed by atoms with Gasteiger partial charge in [-0.2, -0.15) is 0 Å². The predicted molar refractivity (Wildman–Crippen MR) is 71.7 cm³/mol. The first-order valence-corrected chi connectivity index (χ1v) is 6.73. The average molecular weight is 226 g/mol. The first-order chi connectivity index (χ1) is 7.35. The highest BCUT2D eigenvalue weighted by Gasteiger charge is 2.36. The van der Waals surface area contributed by atoms with E-state index in [1.165, 1.54) is 25.8 Å². The Kier molecular flexibility index (Phi) is 4.81. The quantitative estimate of drug-likeness (QED) is 0.793. The van der Waals surface area contributed by atoms with Crippen molar-refractivity contribution in [3.05, 3.63) is 0 Å². The Morgan fingerprint density at radius 1 is 1.38 bits per heavy atom. The zero-order chi connectivity index (χ0) is 12.3. The van der Waals surface area contributed by atoms with Crippen LogP contribution in [0, 0.1) is 11.3 Å². The molecule has 1 fully saturated rings. The molecule has 0 aliphatic heterocycles. The molecule has 0 saturated heterocycles. The van der Waals surface area contributed by atoms with E-state index in [9.17, 15) is 0 Å². The lowest BCUT2D eigenvalue weighted by Crippen LogP contribution is -2.53. The maximum absolute atomic E-state index is 3.50. The summed E-state index contributed by atoms with van der Waals surface area (Å²) in [4.78, 5) is 2.56. The highest BCUT2D eigenvalue weighted by Crippen LogP contribution is 2.37. The molecule has 0 aromatic rings. The van der Waals surface area contributed by atoms with Gasteiger partial charge in [-0.05, 0) is 44.7 Å². The largest absolute Gasteiger partial charge is 0.315 e. The van der Waals surface area contributed by atoms with Gasteiger partial charge >= 0.3 is 0 Å². The highest BCUT2D eigenvalue weighted by molar-refractivity contribution is 4.93. The van der Waals surface area contributed by atoms with Gasteiger partial charge in [0.25, 0.3) is 0 Å². The van der Waals surface area contributed by atoms with Crippen LogP contribution in [0.5, 0.6) is 0 Å². The third-order valence-corrected chi connectivity index (χ3v) is 3.95. The van der Waals surface area contributed by atoms with E-state index in [-0.39, 0.29) is 0 Å². The van der Waals surface area contributed by atoms with Crippen molar-refractivity contribution >= 4 is 0 Å². The fourth-order valence-corrected chi connectivity index (χ4v) is 3.06. The zero-order valence-electron chi connectivity index (χ0n) is 12.0. The summed E-state index contributed by atoms with van der Waals surface area (Å²) in [7, 11) is 4.40. The summed E-state index contributed by atoms with van der Waals surface area (Å²) in [5, 5.41) is 3.50. The Hall–Kier alpha value is -0.0800. The standard InChI is InChI=1S/C14H30N2/c1-11(2)10-16(6)13-9-14(3,4)8-7-12(13)15-5/h11-13,15H,7-10H2,1-6H3. The Balaban J connectivity index is 2.64. The lowest BCUT2D eigenvalue weighted by molar-refractivity contribution is 0.0778. The molecule has 1 aliphatic rings. The number of hydrogen-bond acceptors (Lipinski definition) is 2. The monoisotopic (exact) mass is 226 g/mol. The molecule has 1 N–H and O–H groups in total. The van der Waals surface area contributed by atoms with E-state index in [0.717, 1.165) is 5.92 Å². The molecular weight excluding hydrogens is 196 g/mol. The molecule has 0 radical (unpaired) electrons. The number of likely N-dealkylation sites (N-methyl/N-ethyl adjacent to an activating group) is 2. The highest BCUT2D eigenvalue weighted by atomic mass is 15.2. The molecule has 0 aromatic carbocycles. The second-order valence-corrected chi connectivity index (χ2v) is 6.70. The molecule has 2 unspecified atom stereocenters. The van der Waals surface area contributed by atoms with Crippen LogP contribution in [0.4, 0.5) is 0 Å². The molecule has 0 aromatic heterocycles. The van der Waals surface area contributed by atoms with Gasteiger partial charge in [0.15, 0.2) is 0 Å². The second-order valence-electron chi connectivity index (χ2n) is 6.70. The maximum atomic E-state index is 3.50. The van der Waals surface area contributed by atoms with Gasteiger partial charge in [-0.15, -0.1) is 0 Å². The smallest absolute Gasteiger partial charge is 0.0251 e. The Morgan fingerprint density at radius 2 is 2.00 bits per heavy atom. The van der Waals surface area contributed by atoms with Crippen LogP contribution >= 0.6 is 0 Å². The number of hydrogen-bond donors (Lipinski definition) is 1. The fraction of sp³-hybridized carbons (Fsp3) is 1.00. The molecule has 1 rings (SSSR count). The molecule has 1 saturated carbocycles. The van der Waals surface area contributed by atoms with E-state index in [1.54, 1.807) is 0 Å². The summed E-state index contributed by atoms with van der Waals surface area (Å²) in [6.07, 6.45) is 3.99. The first-order valence-electron chi connectivity index (χ1n) is 6.73. The fourth-order valence-electron chi connectivity index (χ4n) is 3.06. The van der Waals surface area contributed by atoms with Crippen molar-refractivity contribution < 1.29 is 0 Å². The van der Waals surface area contributed by atoms with Gasteiger partial charge in [-0.3, -0.25) is 0 Å². The minimum atomic E-state index is 0.517. The summed E-state index contributed by atoms with van der Waals surface area (Å²) in [5.41, 5.74) is 0.517. The van der Waals surface area contributed by atoms with Crippen LogP contribution in [0.2, 0.25) is 0 Å². The first kappa shape index (κ1) is 14.0. The van der Waals surface area contributed by atoms with E-state index in [2.05, 4.69) is 52.0 Å². The molecule has 0 amide bonds. The van der Waals surface area contributed by atoms with E-state index < -0.39 is 0 Å². The van der Waals surface area contributed by atoms with E-state index >= 15 is 0 Å². The van der Waals surface area contributed by atoms with Crippen molar-refractivity contribution in [1.29, 1.82) is 0 Å². The van der Waals surface area contributed by atoms with Gasteiger partial charge in [0.1, 0.15) is 0 Å². The minimum absolute atomic E-state index is 0.517. The van der Waals surface area contributed by atoms with Crippen molar-refractivity contribution in [1.82, 2.24) is 10.2 Å². The summed E-state index contributed by atoms with van der Waals surface area (Å²) < 4.78 is 0. The third kappa shape index (κ3) is 3.74. The number of nitrogens with one attached hydrogen (secondary N) is 1. The van der Waals surface area contributed by atoms with Gasteiger partial charge in [0, 0.05) is 18.6 Å². The van der Waals surface area contributed by atoms with Crippen molar-refractivity contribution in [3.63, 3.8) is 0 Å². The molecule has 0 spiro atoms. The van der Waals surface area contributed by atoms with Gasteiger partial charge in [-0.1, -0.05) is 27.7 Å². The molecular formula is C14H30N2. The summed E-state index contributed by atoms with van der Waals surface area (Å²) >= 11 is 0. The minimum Gasteiger partial charge on any atom is -0.315 e. The van der Waals surface area contributed by atoms with Crippen molar-refractivity contribution in [2.45, 2.75) is 59.0 Å². The summed E-state index contributed by atoms with van der Waals surface area (Å²) in [6, 6.07) is 1.38. The molecule has 1 aliphatic carbocycles. The molecule has 2 heteroatoms. The van der Waals surface area contributed by atoms with Crippen molar-refractivity contribution in [2.75, 3.05) is 20.6 Å². The molecule has 96 valence electrons. The summed E-state index contributed by atoms with van der Waals surface area (Å²) in [6.45, 7) is 10.6. The average Bonchev–Trinajstić information content (AvgIpc) is 2.15. The zero-order valence-corrected chi connectivity index (χ0v) is 12.0. The molecule has 16 heavy (non-hydrogen) atoms. The van der Waals surface area contributed by atoms with Gasteiger partial charge in [0.2, 0.25) is 0 Å². The van der Waals surface area contributed by atoms with Crippen LogP contribution in [0.3, 0.4) is 0 Å². The molecule has 0 heterocycles. The van der Waals surface area contributed by atoms with E-state index in [1.807, 2.05) is 0 Å². The van der Waals surface area contributed by atoms with Gasteiger partial charge in [0.05, 0.1) is 0 Å². The van der Waals surface area contributed by atoms with Crippen LogP contribution in [0.25, 0.3) is 0 Å². The number of rotatable bonds is 4. The van der Waals surface area contributed by atoms with Crippen LogP contribution in [-0.2, 0) is 0 Å². The molecule has 0 bridgehead atoms. The Morgan fingerprint density at radius 3 is 2.50 bits per heavy atom.